The molecule has 0 saturated heterocycles. The van der Waals surface area contributed by atoms with Gasteiger partial charge in [-0.1, -0.05) is 12.1 Å². The van der Waals surface area contributed by atoms with Gasteiger partial charge in [0.15, 0.2) is 0 Å². The maximum Gasteiger partial charge on any atom is 0.272 e. The van der Waals surface area contributed by atoms with Crippen molar-refractivity contribution in [2.45, 2.75) is 6.92 Å². The van der Waals surface area contributed by atoms with Crippen LogP contribution in [0.4, 0.5) is 0 Å². The molecule has 5 heteroatoms. The van der Waals surface area contributed by atoms with E-state index in [0.29, 0.717) is 11.3 Å². The average Bonchev–Trinajstić information content (AvgIpc) is 2.75. The molecular formula is C13H11IN2O2. The summed E-state index contributed by atoms with van der Waals surface area (Å²) in [6, 6.07) is 10.9. The summed E-state index contributed by atoms with van der Waals surface area (Å²) in [5.74, 6) is 1.18. The summed E-state index contributed by atoms with van der Waals surface area (Å²) in [5.41, 5.74) is 3.07. The number of furan rings is 1. The van der Waals surface area contributed by atoms with Gasteiger partial charge in [-0.05, 0) is 53.8 Å². The topological polar surface area (TPSA) is 54.6 Å². The number of hydrogen-bond acceptors (Lipinski definition) is 3. The molecule has 92 valence electrons. The van der Waals surface area contributed by atoms with E-state index in [1.807, 2.05) is 31.2 Å². The van der Waals surface area contributed by atoms with Crippen LogP contribution in [-0.4, -0.2) is 12.1 Å². The largest absolute Gasteiger partial charge is 0.460 e. The Hall–Kier alpha value is -1.63. The third-order valence-electron chi connectivity index (χ3n) is 2.24. The minimum Gasteiger partial charge on any atom is -0.460 e. The van der Waals surface area contributed by atoms with Gasteiger partial charge in [0.1, 0.15) is 11.5 Å². The molecule has 1 N–H and O–H groups in total. The minimum atomic E-state index is -0.237. The lowest BCUT2D eigenvalue weighted by atomic mass is 10.2. The van der Waals surface area contributed by atoms with E-state index in [1.54, 1.807) is 12.1 Å². The number of nitrogens with one attached hydrogen (secondary N) is 1. The second-order valence-electron chi connectivity index (χ2n) is 3.63. The summed E-state index contributed by atoms with van der Waals surface area (Å²) in [7, 11) is 0. The molecule has 1 aromatic heterocycles. The molecule has 0 aliphatic heterocycles. The van der Waals surface area contributed by atoms with E-state index < -0.39 is 0 Å². The molecule has 1 heterocycles. The SMILES string of the molecule is Cc1ccc(/C=N\NC(=O)c2ccccc2I)o1. The first-order valence-corrected chi connectivity index (χ1v) is 6.39. The van der Waals surface area contributed by atoms with Crippen molar-refractivity contribution in [1.82, 2.24) is 5.43 Å². The highest BCUT2D eigenvalue weighted by Gasteiger charge is 2.07. The first-order valence-electron chi connectivity index (χ1n) is 5.31. The van der Waals surface area contributed by atoms with Gasteiger partial charge in [-0.25, -0.2) is 5.43 Å². The van der Waals surface area contributed by atoms with E-state index in [9.17, 15) is 4.79 Å². The first-order chi connectivity index (χ1) is 8.66. The molecule has 0 unspecified atom stereocenters. The summed E-state index contributed by atoms with van der Waals surface area (Å²) in [4.78, 5) is 11.8. The van der Waals surface area contributed by atoms with Crippen molar-refractivity contribution >= 4 is 34.7 Å². The van der Waals surface area contributed by atoms with Gasteiger partial charge in [-0.3, -0.25) is 4.79 Å². The lowest BCUT2D eigenvalue weighted by Crippen LogP contribution is -2.18. The van der Waals surface area contributed by atoms with Crippen molar-refractivity contribution in [2.24, 2.45) is 5.10 Å². The number of aryl methyl sites for hydroxylation is 1. The van der Waals surface area contributed by atoms with Crippen LogP contribution in [-0.2, 0) is 0 Å². The Bertz CT molecular complexity index is 590. The number of halogens is 1. The Morgan fingerprint density at radius 2 is 2.11 bits per heavy atom. The third kappa shape index (κ3) is 3.19. The van der Waals surface area contributed by atoms with Crippen molar-refractivity contribution < 1.29 is 9.21 Å². The molecule has 0 atom stereocenters. The lowest BCUT2D eigenvalue weighted by Gasteiger charge is -2.01. The van der Waals surface area contributed by atoms with Crippen molar-refractivity contribution in [3.8, 4) is 0 Å². The van der Waals surface area contributed by atoms with Gasteiger partial charge in [-0.15, -0.1) is 0 Å². The molecule has 2 aromatic rings. The van der Waals surface area contributed by atoms with Crippen LogP contribution in [0.1, 0.15) is 21.9 Å². The van der Waals surface area contributed by atoms with E-state index in [4.69, 9.17) is 4.42 Å². The maximum atomic E-state index is 11.8. The second kappa shape index (κ2) is 5.81. The van der Waals surface area contributed by atoms with Crippen LogP contribution in [0.2, 0.25) is 0 Å². The molecule has 18 heavy (non-hydrogen) atoms. The summed E-state index contributed by atoms with van der Waals surface area (Å²) < 4.78 is 6.18. The van der Waals surface area contributed by atoms with Crippen LogP contribution in [0, 0.1) is 10.5 Å². The Morgan fingerprint density at radius 3 is 2.78 bits per heavy atom. The molecule has 0 spiro atoms. The van der Waals surface area contributed by atoms with E-state index >= 15 is 0 Å². The van der Waals surface area contributed by atoms with Crippen molar-refractivity contribution in [2.75, 3.05) is 0 Å². The highest BCUT2D eigenvalue weighted by Crippen LogP contribution is 2.10. The number of carbonyl (C=O) groups is 1. The predicted molar refractivity (Wildman–Crippen MR) is 77.7 cm³/mol. The summed E-state index contributed by atoms with van der Waals surface area (Å²) in [6.45, 7) is 1.85. The molecule has 0 bridgehead atoms. The Morgan fingerprint density at radius 1 is 1.33 bits per heavy atom. The van der Waals surface area contributed by atoms with Crippen LogP contribution >= 0.6 is 22.6 Å². The molecule has 1 amide bonds. The fraction of sp³-hybridized carbons (Fsp3) is 0.0769. The minimum absolute atomic E-state index is 0.237. The maximum absolute atomic E-state index is 11.8. The van der Waals surface area contributed by atoms with Crippen LogP contribution in [0.5, 0.6) is 0 Å². The normalized spacial score (nSPS) is 10.8. The van der Waals surface area contributed by atoms with Gasteiger partial charge in [0, 0.05) is 3.57 Å². The van der Waals surface area contributed by atoms with Crippen LogP contribution in [0.3, 0.4) is 0 Å². The zero-order valence-corrected chi connectivity index (χ0v) is 11.8. The monoisotopic (exact) mass is 354 g/mol. The van der Waals surface area contributed by atoms with E-state index in [1.165, 1.54) is 6.21 Å². The molecule has 4 nitrogen and oxygen atoms in total. The smallest absolute Gasteiger partial charge is 0.272 e. The summed E-state index contributed by atoms with van der Waals surface area (Å²) in [5, 5.41) is 3.85. The van der Waals surface area contributed by atoms with Crippen molar-refractivity contribution in [1.29, 1.82) is 0 Å². The van der Waals surface area contributed by atoms with Crippen LogP contribution in [0.15, 0.2) is 45.9 Å². The van der Waals surface area contributed by atoms with Gasteiger partial charge in [0.2, 0.25) is 0 Å². The molecule has 0 radical (unpaired) electrons. The van der Waals surface area contributed by atoms with Gasteiger partial charge in [0.05, 0.1) is 11.8 Å². The number of hydrazone groups is 1. The summed E-state index contributed by atoms with van der Waals surface area (Å²) >= 11 is 2.11. The molecule has 0 saturated carbocycles. The van der Waals surface area contributed by atoms with E-state index in [2.05, 4.69) is 33.1 Å². The molecule has 1 aromatic carbocycles. The van der Waals surface area contributed by atoms with Crippen LogP contribution in [0.25, 0.3) is 0 Å². The van der Waals surface area contributed by atoms with Crippen LogP contribution < -0.4 is 5.43 Å². The molecule has 0 aliphatic carbocycles. The zero-order chi connectivity index (χ0) is 13.0. The van der Waals surface area contributed by atoms with E-state index in [-0.39, 0.29) is 5.91 Å². The number of nitrogens with zero attached hydrogens (tertiary/aromatic N) is 1. The number of benzene rings is 1. The zero-order valence-electron chi connectivity index (χ0n) is 9.68. The second-order valence-corrected chi connectivity index (χ2v) is 4.79. The van der Waals surface area contributed by atoms with Crippen molar-refractivity contribution in [3.63, 3.8) is 0 Å². The Balaban J connectivity index is 2.01. The lowest BCUT2D eigenvalue weighted by molar-refractivity contribution is 0.0954. The fourth-order valence-electron chi connectivity index (χ4n) is 1.38. The number of amides is 1. The molecular weight excluding hydrogens is 343 g/mol. The fourth-order valence-corrected chi connectivity index (χ4v) is 2.02. The van der Waals surface area contributed by atoms with Crippen molar-refractivity contribution in [3.05, 3.63) is 57.1 Å². The number of rotatable bonds is 3. The highest BCUT2D eigenvalue weighted by atomic mass is 127. The standard InChI is InChI=1S/C13H11IN2O2/c1-9-6-7-10(18-9)8-15-16-13(17)11-4-2-3-5-12(11)14/h2-8H,1H3,(H,16,17)/b15-8-. The van der Waals surface area contributed by atoms with Gasteiger partial charge in [-0.2, -0.15) is 5.10 Å². The van der Waals surface area contributed by atoms with Gasteiger partial charge in [0.25, 0.3) is 5.91 Å². The number of hydrogen-bond donors (Lipinski definition) is 1. The molecule has 0 fully saturated rings. The Kier molecular flexibility index (Phi) is 4.14. The Labute approximate surface area is 118 Å². The quantitative estimate of drug-likeness (QED) is 0.524. The van der Waals surface area contributed by atoms with Gasteiger partial charge >= 0.3 is 0 Å². The molecule has 0 aliphatic rings. The average molecular weight is 354 g/mol. The van der Waals surface area contributed by atoms with Gasteiger partial charge < -0.3 is 4.42 Å². The number of carbonyl (C=O) groups excluding carboxylic acids is 1. The highest BCUT2D eigenvalue weighted by molar-refractivity contribution is 14.1. The first kappa shape index (κ1) is 12.8. The predicted octanol–water partition coefficient (Wildman–Crippen LogP) is 2.96. The third-order valence-corrected chi connectivity index (χ3v) is 3.18. The summed E-state index contributed by atoms with van der Waals surface area (Å²) in [6.07, 6.45) is 1.47. The molecule has 2 rings (SSSR count). The van der Waals surface area contributed by atoms with E-state index in [0.717, 1.165) is 9.33 Å².